The van der Waals surface area contributed by atoms with Gasteiger partial charge in [0, 0.05) is 25.0 Å². The van der Waals surface area contributed by atoms with E-state index in [1.54, 1.807) is 0 Å². The highest BCUT2D eigenvalue weighted by molar-refractivity contribution is 5.00. The van der Waals surface area contributed by atoms with E-state index in [-0.39, 0.29) is 0 Å². The van der Waals surface area contributed by atoms with Gasteiger partial charge in [-0.15, -0.1) is 0 Å². The van der Waals surface area contributed by atoms with Gasteiger partial charge in [-0.05, 0) is 25.7 Å². The lowest BCUT2D eigenvalue weighted by Crippen LogP contribution is -2.30. The summed E-state index contributed by atoms with van der Waals surface area (Å²) in [5, 5.41) is 3.56. The van der Waals surface area contributed by atoms with Crippen LogP contribution < -0.4 is 5.32 Å². The van der Waals surface area contributed by atoms with Crippen molar-refractivity contribution in [1.82, 2.24) is 15.3 Å². The second-order valence-corrected chi connectivity index (χ2v) is 4.54. The van der Waals surface area contributed by atoms with Crippen LogP contribution in [0.4, 0.5) is 0 Å². The van der Waals surface area contributed by atoms with Crippen molar-refractivity contribution < 1.29 is 0 Å². The predicted molar refractivity (Wildman–Crippen MR) is 60.4 cm³/mol. The van der Waals surface area contributed by atoms with Gasteiger partial charge in [0.2, 0.25) is 0 Å². The maximum absolute atomic E-state index is 4.34. The van der Waals surface area contributed by atoms with Crippen LogP contribution in [0.15, 0.2) is 12.4 Å². The molecule has 1 N–H and O–H groups in total. The first-order valence-corrected chi connectivity index (χ1v) is 5.76. The average molecular weight is 205 g/mol. The Labute approximate surface area is 91.3 Å². The third-order valence-electron chi connectivity index (χ3n) is 3.24. The zero-order chi connectivity index (χ0) is 10.7. The maximum Gasteiger partial charge on any atom is 0.0724 e. The normalized spacial score (nSPS) is 25.7. The molecule has 1 aromatic rings. The molecular formula is C12H19N3. The highest BCUT2D eigenvalue weighted by atomic mass is 14.9. The molecule has 2 atom stereocenters. The molecule has 1 saturated carbocycles. The first kappa shape index (κ1) is 10.6. The molecule has 1 aliphatic carbocycles. The van der Waals surface area contributed by atoms with Gasteiger partial charge in [0.15, 0.2) is 0 Å². The first-order valence-electron chi connectivity index (χ1n) is 5.76. The molecule has 1 aromatic heterocycles. The van der Waals surface area contributed by atoms with Crippen LogP contribution in [0.5, 0.6) is 0 Å². The second-order valence-electron chi connectivity index (χ2n) is 4.54. The van der Waals surface area contributed by atoms with Crippen LogP contribution in [0, 0.1) is 12.8 Å². The standard InChI is InChI=1S/C12H19N3/c1-9-4-3-5-12(9)15-8-11-7-13-10(2)6-14-11/h6-7,9,12,15H,3-5,8H2,1-2H3. The first-order chi connectivity index (χ1) is 7.25. The summed E-state index contributed by atoms with van der Waals surface area (Å²) < 4.78 is 0. The number of aryl methyl sites for hydroxylation is 1. The molecule has 3 heteroatoms. The molecular weight excluding hydrogens is 186 g/mol. The Kier molecular flexibility index (Phi) is 3.31. The van der Waals surface area contributed by atoms with Crippen molar-refractivity contribution in [3.63, 3.8) is 0 Å². The minimum atomic E-state index is 0.674. The zero-order valence-electron chi connectivity index (χ0n) is 9.53. The molecule has 82 valence electrons. The summed E-state index contributed by atoms with van der Waals surface area (Å²) in [7, 11) is 0. The van der Waals surface area contributed by atoms with Crippen LogP contribution in [-0.4, -0.2) is 16.0 Å². The minimum absolute atomic E-state index is 0.674. The van der Waals surface area contributed by atoms with Gasteiger partial charge in [0.25, 0.3) is 0 Å². The van der Waals surface area contributed by atoms with Crippen molar-refractivity contribution >= 4 is 0 Å². The van der Waals surface area contributed by atoms with Gasteiger partial charge in [-0.2, -0.15) is 0 Å². The van der Waals surface area contributed by atoms with Crippen molar-refractivity contribution in [3.8, 4) is 0 Å². The lowest BCUT2D eigenvalue weighted by Gasteiger charge is -2.16. The molecule has 0 aliphatic heterocycles. The number of rotatable bonds is 3. The van der Waals surface area contributed by atoms with Crippen LogP contribution in [0.25, 0.3) is 0 Å². The number of aromatic nitrogens is 2. The predicted octanol–water partition coefficient (Wildman–Crippen LogP) is 2.06. The molecule has 0 saturated heterocycles. The molecule has 0 bridgehead atoms. The van der Waals surface area contributed by atoms with Crippen LogP contribution >= 0.6 is 0 Å². The Morgan fingerprint density at radius 3 is 2.80 bits per heavy atom. The number of nitrogens with zero attached hydrogens (tertiary/aromatic N) is 2. The monoisotopic (exact) mass is 205 g/mol. The molecule has 0 aromatic carbocycles. The van der Waals surface area contributed by atoms with E-state index in [1.807, 2.05) is 19.3 Å². The highest BCUT2D eigenvalue weighted by Crippen LogP contribution is 2.24. The fourth-order valence-electron chi connectivity index (χ4n) is 2.19. The molecule has 2 unspecified atom stereocenters. The number of hydrogen-bond donors (Lipinski definition) is 1. The van der Waals surface area contributed by atoms with Crippen LogP contribution in [-0.2, 0) is 6.54 Å². The highest BCUT2D eigenvalue weighted by Gasteiger charge is 2.22. The van der Waals surface area contributed by atoms with Crippen LogP contribution in [0.2, 0.25) is 0 Å². The van der Waals surface area contributed by atoms with Crippen molar-refractivity contribution in [3.05, 3.63) is 23.8 Å². The molecule has 3 nitrogen and oxygen atoms in total. The summed E-state index contributed by atoms with van der Waals surface area (Å²) in [6.07, 6.45) is 7.72. The summed E-state index contributed by atoms with van der Waals surface area (Å²) >= 11 is 0. The molecule has 1 fully saturated rings. The smallest absolute Gasteiger partial charge is 0.0724 e. The lowest BCUT2D eigenvalue weighted by molar-refractivity contribution is 0.423. The van der Waals surface area contributed by atoms with Crippen molar-refractivity contribution in [2.24, 2.45) is 5.92 Å². The number of hydrogen-bond acceptors (Lipinski definition) is 3. The Morgan fingerprint density at radius 1 is 1.33 bits per heavy atom. The van der Waals surface area contributed by atoms with Crippen LogP contribution in [0.3, 0.4) is 0 Å². The van der Waals surface area contributed by atoms with E-state index in [0.29, 0.717) is 6.04 Å². The van der Waals surface area contributed by atoms with Gasteiger partial charge < -0.3 is 5.32 Å². The maximum atomic E-state index is 4.34. The summed E-state index contributed by atoms with van der Waals surface area (Å²) in [5.74, 6) is 0.809. The quantitative estimate of drug-likeness (QED) is 0.820. The second kappa shape index (κ2) is 4.71. The molecule has 0 amide bonds. The van der Waals surface area contributed by atoms with E-state index in [0.717, 1.165) is 23.9 Å². The summed E-state index contributed by atoms with van der Waals surface area (Å²) in [6.45, 7) is 5.14. The van der Waals surface area contributed by atoms with E-state index in [9.17, 15) is 0 Å². The third-order valence-corrected chi connectivity index (χ3v) is 3.24. The summed E-state index contributed by atoms with van der Waals surface area (Å²) in [6, 6.07) is 0.674. The average Bonchev–Trinajstić information content (AvgIpc) is 2.63. The summed E-state index contributed by atoms with van der Waals surface area (Å²) in [4.78, 5) is 8.58. The van der Waals surface area contributed by atoms with Gasteiger partial charge in [-0.25, -0.2) is 0 Å². The van der Waals surface area contributed by atoms with E-state index in [4.69, 9.17) is 0 Å². The van der Waals surface area contributed by atoms with Crippen molar-refractivity contribution in [1.29, 1.82) is 0 Å². The zero-order valence-corrected chi connectivity index (χ0v) is 9.53. The Bertz CT molecular complexity index is 307. The van der Waals surface area contributed by atoms with Gasteiger partial charge >= 0.3 is 0 Å². The van der Waals surface area contributed by atoms with Crippen LogP contribution in [0.1, 0.15) is 37.6 Å². The fourth-order valence-corrected chi connectivity index (χ4v) is 2.19. The van der Waals surface area contributed by atoms with E-state index in [1.165, 1.54) is 19.3 Å². The third kappa shape index (κ3) is 2.75. The number of nitrogens with one attached hydrogen (secondary N) is 1. The summed E-state index contributed by atoms with van der Waals surface area (Å²) in [5.41, 5.74) is 2.02. The molecule has 15 heavy (non-hydrogen) atoms. The molecule has 0 spiro atoms. The fraction of sp³-hybridized carbons (Fsp3) is 0.667. The van der Waals surface area contributed by atoms with Crippen molar-refractivity contribution in [2.45, 2.75) is 45.7 Å². The minimum Gasteiger partial charge on any atom is -0.308 e. The Morgan fingerprint density at radius 2 is 2.20 bits per heavy atom. The molecule has 0 radical (unpaired) electrons. The largest absolute Gasteiger partial charge is 0.308 e. The SMILES string of the molecule is Cc1cnc(CNC2CCCC2C)cn1. The van der Waals surface area contributed by atoms with E-state index >= 15 is 0 Å². The molecule has 1 aliphatic rings. The van der Waals surface area contributed by atoms with E-state index < -0.39 is 0 Å². The van der Waals surface area contributed by atoms with Gasteiger partial charge in [-0.1, -0.05) is 13.3 Å². The molecule has 1 heterocycles. The Hall–Kier alpha value is -0.960. The lowest BCUT2D eigenvalue weighted by atomic mass is 10.1. The van der Waals surface area contributed by atoms with Gasteiger partial charge in [0.1, 0.15) is 0 Å². The van der Waals surface area contributed by atoms with Gasteiger partial charge in [-0.3, -0.25) is 9.97 Å². The molecule has 2 rings (SSSR count). The Balaban J connectivity index is 1.85. The van der Waals surface area contributed by atoms with Gasteiger partial charge in [0.05, 0.1) is 11.4 Å². The van der Waals surface area contributed by atoms with E-state index in [2.05, 4.69) is 22.2 Å². The van der Waals surface area contributed by atoms with Crippen molar-refractivity contribution in [2.75, 3.05) is 0 Å². The topological polar surface area (TPSA) is 37.8 Å².